The first-order valence-corrected chi connectivity index (χ1v) is 8.67. The number of benzene rings is 2. The fraction of sp³-hybridized carbons (Fsp3) is 0.429. The van der Waals surface area contributed by atoms with Gasteiger partial charge in [-0.05, 0) is 47.7 Å². The van der Waals surface area contributed by atoms with Gasteiger partial charge in [0.2, 0.25) is 0 Å². The van der Waals surface area contributed by atoms with Crippen LogP contribution >= 0.6 is 0 Å². The predicted molar refractivity (Wildman–Crippen MR) is 96.0 cm³/mol. The largest absolute Gasteiger partial charge is 0.508 e. The van der Waals surface area contributed by atoms with Gasteiger partial charge in [-0.15, -0.1) is 0 Å². The Hall–Kier alpha value is -1.96. The molecule has 0 radical (unpaired) electrons. The van der Waals surface area contributed by atoms with Gasteiger partial charge in [-0.2, -0.15) is 0 Å². The van der Waals surface area contributed by atoms with Crippen molar-refractivity contribution >= 4 is 0 Å². The molecule has 0 amide bonds. The lowest BCUT2D eigenvalue weighted by molar-refractivity contribution is 0.279. The van der Waals surface area contributed by atoms with Crippen LogP contribution < -0.4 is 0 Å². The van der Waals surface area contributed by atoms with Crippen molar-refractivity contribution in [3.05, 3.63) is 59.7 Å². The molecule has 0 saturated heterocycles. The Labute approximate surface area is 139 Å². The minimum absolute atomic E-state index is 0.0837. The van der Waals surface area contributed by atoms with Crippen LogP contribution in [0.5, 0.6) is 11.5 Å². The molecule has 0 aliphatic carbocycles. The Balaban J connectivity index is 2.68. The second kappa shape index (κ2) is 7.54. The highest BCUT2D eigenvalue weighted by molar-refractivity contribution is 5.44. The highest BCUT2D eigenvalue weighted by Crippen LogP contribution is 2.46. The third-order valence-electron chi connectivity index (χ3n) is 5.09. The molecule has 23 heavy (non-hydrogen) atoms. The predicted octanol–water partition coefficient (Wildman–Crippen LogP) is 5.62. The standard InChI is InChI=1S/C21H28O2/c1-4-15-21(16(5-2)6-3,17-7-11-19(22)12-8-17)18-9-13-20(23)14-10-18/h7-14,16,22-23H,4-6,15H2,1-3H3. The molecule has 0 heterocycles. The molecule has 0 aliphatic rings. The van der Waals surface area contributed by atoms with Crippen molar-refractivity contribution in [1.82, 2.24) is 0 Å². The topological polar surface area (TPSA) is 40.5 Å². The van der Waals surface area contributed by atoms with Crippen LogP contribution in [-0.2, 0) is 5.41 Å². The normalized spacial score (nSPS) is 11.8. The lowest BCUT2D eigenvalue weighted by atomic mass is 9.61. The minimum atomic E-state index is -0.0837. The summed E-state index contributed by atoms with van der Waals surface area (Å²) < 4.78 is 0. The number of phenolic OH excluding ortho intramolecular Hbond substituents is 2. The molecule has 2 N–H and O–H groups in total. The minimum Gasteiger partial charge on any atom is -0.508 e. The van der Waals surface area contributed by atoms with E-state index in [0.29, 0.717) is 17.4 Å². The van der Waals surface area contributed by atoms with Gasteiger partial charge >= 0.3 is 0 Å². The van der Waals surface area contributed by atoms with E-state index < -0.39 is 0 Å². The number of aromatic hydroxyl groups is 2. The molecule has 124 valence electrons. The molecule has 0 aromatic heterocycles. The summed E-state index contributed by atoms with van der Waals surface area (Å²) in [6.45, 7) is 6.72. The lowest BCUT2D eigenvalue weighted by Gasteiger charge is -2.42. The maximum Gasteiger partial charge on any atom is 0.115 e. The van der Waals surface area contributed by atoms with Gasteiger partial charge in [-0.3, -0.25) is 0 Å². The fourth-order valence-corrected chi connectivity index (χ4v) is 4.03. The lowest BCUT2D eigenvalue weighted by Crippen LogP contribution is -2.36. The molecule has 0 fully saturated rings. The number of rotatable bonds is 7. The molecule has 0 bridgehead atoms. The Morgan fingerprint density at radius 3 is 1.43 bits per heavy atom. The van der Waals surface area contributed by atoms with Gasteiger partial charge in [0, 0.05) is 5.41 Å². The Morgan fingerprint density at radius 1 is 0.739 bits per heavy atom. The van der Waals surface area contributed by atoms with Crippen molar-refractivity contribution in [3.8, 4) is 11.5 Å². The maximum absolute atomic E-state index is 9.68. The van der Waals surface area contributed by atoms with E-state index in [1.165, 1.54) is 11.1 Å². The second-order valence-electron chi connectivity index (χ2n) is 6.33. The molecule has 2 aromatic carbocycles. The van der Waals surface area contributed by atoms with Gasteiger partial charge in [0.15, 0.2) is 0 Å². The van der Waals surface area contributed by atoms with Crippen molar-refractivity contribution in [2.24, 2.45) is 5.92 Å². The van der Waals surface area contributed by atoms with Crippen LogP contribution in [0.3, 0.4) is 0 Å². The van der Waals surface area contributed by atoms with Gasteiger partial charge < -0.3 is 10.2 Å². The van der Waals surface area contributed by atoms with E-state index >= 15 is 0 Å². The summed E-state index contributed by atoms with van der Waals surface area (Å²) in [6, 6.07) is 15.3. The number of hydrogen-bond donors (Lipinski definition) is 2. The fourth-order valence-electron chi connectivity index (χ4n) is 4.03. The first-order chi connectivity index (χ1) is 11.1. The van der Waals surface area contributed by atoms with Crippen LogP contribution in [0.4, 0.5) is 0 Å². The van der Waals surface area contributed by atoms with Gasteiger partial charge in [0.05, 0.1) is 0 Å². The molecule has 0 aliphatic heterocycles. The van der Waals surface area contributed by atoms with E-state index in [4.69, 9.17) is 0 Å². The van der Waals surface area contributed by atoms with Crippen molar-refractivity contribution in [1.29, 1.82) is 0 Å². The van der Waals surface area contributed by atoms with E-state index in [-0.39, 0.29) is 5.41 Å². The summed E-state index contributed by atoms with van der Waals surface area (Å²) in [5.74, 6) is 1.11. The molecular formula is C21H28O2. The highest BCUT2D eigenvalue weighted by atomic mass is 16.3. The molecule has 0 saturated carbocycles. The average molecular weight is 312 g/mol. The average Bonchev–Trinajstić information content (AvgIpc) is 2.56. The van der Waals surface area contributed by atoms with E-state index in [1.54, 1.807) is 24.3 Å². The Morgan fingerprint density at radius 2 is 1.13 bits per heavy atom. The third kappa shape index (κ3) is 3.36. The highest BCUT2D eigenvalue weighted by Gasteiger charge is 2.39. The first-order valence-electron chi connectivity index (χ1n) is 8.67. The summed E-state index contributed by atoms with van der Waals surface area (Å²) in [5.41, 5.74) is 2.41. The zero-order valence-electron chi connectivity index (χ0n) is 14.4. The monoisotopic (exact) mass is 312 g/mol. The van der Waals surface area contributed by atoms with Gasteiger partial charge in [-0.25, -0.2) is 0 Å². The Bertz CT molecular complexity index is 549. The number of hydrogen-bond acceptors (Lipinski definition) is 2. The molecule has 0 atom stereocenters. The van der Waals surface area contributed by atoms with Crippen molar-refractivity contribution in [2.45, 2.75) is 51.9 Å². The molecule has 2 nitrogen and oxygen atoms in total. The van der Waals surface area contributed by atoms with E-state index in [9.17, 15) is 10.2 Å². The van der Waals surface area contributed by atoms with Crippen LogP contribution in [0.2, 0.25) is 0 Å². The molecular weight excluding hydrogens is 284 g/mol. The molecule has 0 spiro atoms. The summed E-state index contributed by atoms with van der Waals surface area (Å²) >= 11 is 0. The second-order valence-corrected chi connectivity index (χ2v) is 6.33. The summed E-state index contributed by atoms with van der Waals surface area (Å²) in [7, 11) is 0. The van der Waals surface area contributed by atoms with Crippen LogP contribution in [0, 0.1) is 5.92 Å². The SMILES string of the molecule is CCCC(c1ccc(O)cc1)(c1ccc(O)cc1)C(CC)CC. The van der Waals surface area contributed by atoms with E-state index in [0.717, 1.165) is 25.7 Å². The van der Waals surface area contributed by atoms with Crippen LogP contribution in [0.25, 0.3) is 0 Å². The molecule has 2 rings (SSSR count). The van der Waals surface area contributed by atoms with Crippen molar-refractivity contribution < 1.29 is 10.2 Å². The van der Waals surface area contributed by atoms with Crippen molar-refractivity contribution in [2.75, 3.05) is 0 Å². The van der Waals surface area contributed by atoms with Crippen LogP contribution in [0.15, 0.2) is 48.5 Å². The molecule has 0 unspecified atom stereocenters. The van der Waals surface area contributed by atoms with Gasteiger partial charge in [0.25, 0.3) is 0 Å². The first kappa shape index (κ1) is 17.4. The smallest absolute Gasteiger partial charge is 0.115 e. The summed E-state index contributed by atoms with van der Waals surface area (Å²) in [4.78, 5) is 0. The Kier molecular flexibility index (Phi) is 5.70. The zero-order chi connectivity index (χ0) is 16.9. The third-order valence-corrected chi connectivity index (χ3v) is 5.09. The van der Waals surface area contributed by atoms with Crippen LogP contribution in [-0.4, -0.2) is 10.2 Å². The van der Waals surface area contributed by atoms with E-state index in [1.807, 2.05) is 0 Å². The quantitative estimate of drug-likeness (QED) is 0.696. The summed E-state index contributed by atoms with van der Waals surface area (Å²) in [6.07, 6.45) is 4.32. The van der Waals surface area contributed by atoms with Gasteiger partial charge in [0.1, 0.15) is 11.5 Å². The van der Waals surface area contributed by atoms with Crippen molar-refractivity contribution in [3.63, 3.8) is 0 Å². The summed E-state index contributed by atoms with van der Waals surface area (Å²) in [5, 5.41) is 19.4. The molecule has 2 heteroatoms. The van der Waals surface area contributed by atoms with E-state index in [2.05, 4.69) is 45.0 Å². The molecule has 2 aromatic rings. The number of phenols is 2. The maximum atomic E-state index is 9.68. The van der Waals surface area contributed by atoms with Gasteiger partial charge in [-0.1, -0.05) is 64.3 Å². The zero-order valence-corrected chi connectivity index (χ0v) is 14.4. The van der Waals surface area contributed by atoms with Crippen LogP contribution in [0.1, 0.15) is 57.6 Å².